The van der Waals surface area contributed by atoms with Crippen LogP contribution in [0.5, 0.6) is 11.6 Å². The highest BCUT2D eigenvalue weighted by Gasteiger charge is 2.23. The van der Waals surface area contributed by atoms with Gasteiger partial charge in [-0.1, -0.05) is 23.7 Å². The lowest BCUT2D eigenvalue weighted by Gasteiger charge is -2.23. The molecule has 4 heterocycles. The minimum absolute atomic E-state index is 0.0457. The van der Waals surface area contributed by atoms with Crippen LogP contribution in [-0.2, 0) is 28.4 Å². The van der Waals surface area contributed by atoms with Gasteiger partial charge in [-0.3, -0.25) is 4.68 Å². The van der Waals surface area contributed by atoms with Crippen molar-refractivity contribution < 1.29 is 17.5 Å². The van der Waals surface area contributed by atoms with Crippen LogP contribution in [0, 0.1) is 12.7 Å². The Morgan fingerprint density at radius 3 is 2.73 bits per heavy atom. The van der Waals surface area contributed by atoms with E-state index >= 15 is 4.39 Å². The van der Waals surface area contributed by atoms with Gasteiger partial charge in [0.05, 0.1) is 33.5 Å². The predicted octanol–water partition coefficient (Wildman–Crippen LogP) is 5.60. The van der Waals surface area contributed by atoms with Gasteiger partial charge < -0.3 is 15.4 Å². The summed E-state index contributed by atoms with van der Waals surface area (Å²) in [5.41, 5.74) is 2.30. The van der Waals surface area contributed by atoms with Crippen molar-refractivity contribution in [3.05, 3.63) is 88.7 Å². The summed E-state index contributed by atoms with van der Waals surface area (Å²) < 4.78 is 49.5. The van der Waals surface area contributed by atoms with Crippen LogP contribution in [0.2, 0.25) is 5.02 Å². The van der Waals surface area contributed by atoms with E-state index in [0.29, 0.717) is 39.6 Å². The number of rotatable bonds is 9. The lowest BCUT2D eigenvalue weighted by atomic mass is 10.0. The minimum Gasteiger partial charge on any atom is -0.437 e. The number of piperidine rings is 1. The fourth-order valence-corrected chi connectivity index (χ4v) is 7.18. The molecule has 0 spiro atoms. The molecule has 0 bridgehead atoms. The smallest absolute Gasteiger partial charge is 0.228 e. The molecule has 228 valence electrons. The van der Waals surface area contributed by atoms with Crippen LogP contribution in [0.15, 0.2) is 61.1 Å². The van der Waals surface area contributed by atoms with Crippen molar-refractivity contribution in [3.63, 3.8) is 0 Å². The maximum Gasteiger partial charge on any atom is 0.228 e. The van der Waals surface area contributed by atoms with Crippen LogP contribution in [0.25, 0.3) is 22.0 Å². The molecule has 1 aliphatic heterocycles. The third-order valence-electron chi connectivity index (χ3n) is 7.51. The van der Waals surface area contributed by atoms with Crippen molar-refractivity contribution in [2.24, 2.45) is 7.05 Å². The SMILES string of the molecule is Cc1ccc2c(CS(=O)(=O)Cc3nn(C)cc3Cl)c(F)ccc2c1Oc1ncccc1-c1ccnc(N[C@H]2CCCNC2)n1. The van der Waals surface area contributed by atoms with Crippen molar-refractivity contribution in [1.82, 2.24) is 30.0 Å². The Hall–Kier alpha value is -4.13. The molecule has 0 saturated carbocycles. The molecule has 1 saturated heterocycles. The Morgan fingerprint density at radius 2 is 1.95 bits per heavy atom. The second-order valence-electron chi connectivity index (χ2n) is 10.9. The molecule has 6 rings (SSSR count). The number of nitrogens with one attached hydrogen (secondary N) is 2. The first-order valence-corrected chi connectivity index (χ1v) is 16.4. The van der Waals surface area contributed by atoms with E-state index in [2.05, 4.69) is 25.7 Å². The molecule has 10 nitrogen and oxygen atoms in total. The van der Waals surface area contributed by atoms with Crippen LogP contribution in [0.1, 0.15) is 29.7 Å². The molecular formula is C31H31ClFN7O3S. The van der Waals surface area contributed by atoms with E-state index in [0.717, 1.165) is 31.5 Å². The number of anilines is 1. The van der Waals surface area contributed by atoms with Crippen molar-refractivity contribution in [3.8, 4) is 22.9 Å². The third-order valence-corrected chi connectivity index (χ3v) is 9.27. The second kappa shape index (κ2) is 12.5. The number of nitrogens with zero attached hydrogens (tertiary/aromatic N) is 5. The zero-order valence-electron chi connectivity index (χ0n) is 24.2. The highest BCUT2D eigenvalue weighted by molar-refractivity contribution is 7.89. The van der Waals surface area contributed by atoms with Gasteiger partial charge in [-0.15, -0.1) is 0 Å². The first-order chi connectivity index (χ1) is 21.2. The Kier molecular flexibility index (Phi) is 8.48. The van der Waals surface area contributed by atoms with Crippen LogP contribution >= 0.6 is 11.6 Å². The lowest BCUT2D eigenvalue weighted by molar-refractivity contribution is 0.466. The third kappa shape index (κ3) is 6.52. The van der Waals surface area contributed by atoms with Gasteiger partial charge in [-0.2, -0.15) is 5.10 Å². The number of aromatic nitrogens is 5. The van der Waals surface area contributed by atoms with Crippen molar-refractivity contribution in [2.75, 3.05) is 18.4 Å². The highest BCUT2D eigenvalue weighted by Crippen LogP contribution is 2.38. The molecule has 5 aromatic rings. The van der Waals surface area contributed by atoms with E-state index in [1.165, 1.54) is 16.9 Å². The van der Waals surface area contributed by atoms with Crippen molar-refractivity contribution in [1.29, 1.82) is 0 Å². The Bertz CT molecular complexity index is 1940. The fraction of sp³-hybridized carbons (Fsp3) is 0.290. The summed E-state index contributed by atoms with van der Waals surface area (Å²) in [4.78, 5) is 13.6. The van der Waals surface area contributed by atoms with E-state index in [-0.39, 0.29) is 22.3 Å². The Labute approximate surface area is 259 Å². The van der Waals surface area contributed by atoms with Gasteiger partial charge in [-0.05, 0) is 67.6 Å². The number of pyridine rings is 1. The summed E-state index contributed by atoms with van der Waals surface area (Å²) in [5, 5.41) is 12.1. The molecule has 3 aromatic heterocycles. The van der Waals surface area contributed by atoms with E-state index in [9.17, 15) is 8.42 Å². The number of ether oxygens (including phenoxy) is 1. The number of halogens is 2. The topological polar surface area (TPSA) is 124 Å². The van der Waals surface area contributed by atoms with Crippen LogP contribution in [0.4, 0.5) is 10.3 Å². The molecule has 44 heavy (non-hydrogen) atoms. The molecule has 0 radical (unpaired) electrons. The van der Waals surface area contributed by atoms with Crippen LogP contribution in [-0.4, -0.2) is 52.3 Å². The number of benzene rings is 2. The molecular weight excluding hydrogens is 605 g/mol. The Morgan fingerprint density at radius 1 is 1.11 bits per heavy atom. The summed E-state index contributed by atoms with van der Waals surface area (Å²) in [6.07, 6.45) is 6.94. The number of aryl methyl sites for hydroxylation is 2. The monoisotopic (exact) mass is 635 g/mol. The normalized spacial score (nSPS) is 15.4. The van der Waals surface area contributed by atoms with Crippen LogP contribution < -0.4 is 15.4 Å². The van der Waals surface area contributed by atoms with Gasteiger partial charge in [-0.25, -0.2) is 27.8 Å². The molecule has 13 heteroatoms. The zero-order valence-corrected chi connectivity index (χ0v) is 25.8. The van der Waals surface area contributed by atoms with E-state index < -0.39 is 27.2 Å². The number of hydrogen-bond acceptors (Lipinski definition) is 9. The standard InChI is InChI=1S/C31H31ClFN7O3S/c1-19-7-8-21-22(9-10-26(33)24(21)17-44(41,42)18-28-25(32)16-40(2)39-28)29(19)43-30-23(6-4-13-35-30)27-11-14-36-31(38-27)37-20-5-3-12-34-15-20/h4,6-11,13-14,16,20,34H,3,5,12,15,17-18H2,1-2H3,(H,36,37,38)/t20-/m0/s1. The Balaban J connectivity index is 1.33. The quantitative estimate of drug-likeness (QED) is 0.213. The first kappa shape index (κ1) is 29.9. The second-order valence-corrected chi connectivity index (χ2v) is 13.3. The molecule has 2 N–H and O–H groups in total. The summed E-state index contributed by atoms with van der Waals surface area (Å²) in [7, 11) is -2.18. The maximum absolute atomic E-state index is 15.2. The number of hydrogen-bond donors (Lipinski definition) is 2. The van der Waals surface area contributed by atoms with Gasteiger partial charge >= 0.3 is 0 Å². The van der Waals surface area contributed by atoms with Gasteiger partial charge in [0.15, 0.2) is 9.84 Å². The van der Waals surface area contributed by atoms with Crippen LogP contribution in [0.3, 0.4) is 0 Å². The minimum atomic E-state index is -3.83. The fourth-order valence-electron chi connectivity index (χ4n) is 5.39. The van der Waals surface area contributed by atoms with E-state index in [1.54, 1.807) is 49.8 Å². The molecule has 0 unspecified atom stereocenters. The maximum atomic E-state index is 15.2. The van der Waals surface area contributed by atoms with Gasteiger partial charge in [0.2, 0.25) is 11.8 Å². The molecule has 0 aliphatic carbocycles. The average Bonchev–Trinajstić information content (AvgIpc) is 3.31. The zero-order chi connectivity index (χ0) is 30.8. The average molecular weight is 636 g/mol. The van der Waals surface area contributed by atoms with Gasteiger partial charge in [0, 0.05) is 49.2 Å². The predicted molar refractivity (Wildman–Crippen MR) is 168 cm³/mol. The first-order valence-electron chi connectivity index (χ1n) is 14.2. The summed E-state index contributed by atoms with van der Waals surface area (Å²) in [5.74, 6) is -0.323. The van der Waals surface area contributed by atoms with Gasteiger partial charge in [0.1, 0.15) is 11.6 Å². The summed E-state index contributed by atoms with van der Waals surface area (Å²) in [6.45, 7) is 3.72. The molecule has 1 atom stereocenters. The molecule has 0 amide bonds. The number of fused-ring (bicyclic) bond motifs is 1. The van der Waals surface area contributed by atoms with Crippen molar-refractivity contribution in [2.45, 2.75) is 37.3 Å². The van der Waals surface area contributed by atoms with Gasteiger partial charge in [0.25, 0.3) is 0 Å². The van der Waals surface area contributed by atoms with E-state index in [4.69, 9.17) is 21.3 Å². The summed E-state index contributed by atoms with van der Waals surface area (Å²) in [6, 6.07) is 12.0. The molecule has 1 aliphatic rings. The summed E-state index contributed by atoms with van der Waals surface area (Å²) >= 11 is 6.15. The largest absolute Gasteiger partial charge is 0.437 e. The number of sulfone groups is 1. The van der Waals surface area contributed by atoms with E-state index in [1.807, 2.05) is 13.0 Å². The highest BCUT2D eigenvalue weighted by atomic mass is 35.5. The van der Waals surface area contributed by atoms with Crippen molar-refractivity contribution >= 4 is 38.2 Å². The molecule has 2 aromatic carbocycles. The lowest BCUT2D eigenvalue weighted by Crippen LogP contribution is -2.38. The molecule has 1 fully saturated rings.